The number of imide groups is 1. The lowest BCUT2D eigenvalue weighted by Gasteiger charge is -2.29. The topological polar surface area (TPSA) is 87.3 Å². The molecule has 1 heterocycles. The first-order chi connectivity index (χ1) is 13.3. The van der Waals surface area contributed by atoms with Crippen molar-refractivity contribution in [3.05, 3.63) is 34.4 Å². The SMILES string of the molecule is O=C1C[C@H](C(=O)N[C@H](c2c(F)ccc(Cl)c2F)C2C[C@@H]3C[C@@H]3C2)CNC(=O)N1. The van der Waals surface area contributed by atoms with E-state index in [1.807, 2.05) is 0 Å². The van der Waals surface area contributed by atoms with E-state index in [0.29, 0.717) is 11.8 Å². The summed E-state index contributed by atoms with van der Waals surface area (Å²) in [5, 5.41) is 7.07. The van der Waals surface area contributed by atoms with Crippen molar-refractivity contribution in [2.24, 2.45) is 23.7 Å². The number of urea groups is 1. The van der Waals surface area contributed by atoms with E-state index < -0.39 is 41.4 Å². The van der Waals surface area contributed by atoms with Crippen molar-refractivity contribution in [3.8, 4) is 0 Å². The van der Waals surface area contributed by atoms with Gasteiger partial charge in [0, 0.05) is 18.5 Å². The van der Waals surface area contributed by atoms with E-state index in [4.69, 9.17) is 11.6 Å². The minimum Gasteiger partial charge on any atom is -0.348 e. The van der Waals surface area contributed by atoms with Crippen molar-refractivity contribution in [1.82, 2.24) is 16.0 Å². The summed E-state index contributed by atoms with van der Waals surface area (Å²) < 4.78 is 29.2. The number of nitrogens with one attached hydrogen (secondary N) is 3. The predicted octanol–water partition coefficient (Wildman–Crippen LogP) is 2.67. The third-order valence-electron chi connectivity index (χ3n) is 6.00. The van der Waals surface area contributed by atoms with E-state index in [1.54, 1.807) is 0 Å². The predicted molar refractivity (Wildman–Crippen MR) is 96.2 cm³/mol. The molecule has 0 bridgehead atoms. The number of rotatable bonds is 4. The largest absolute Gasteiger partial charge is 0.348 e. The van der Waals surface area contributed by atoms with E-state index in [-0.39, 0.29) is 29.5 Å². The molecule has 3 N–H and O–H groups in total. The Hall–Kier alpha value is -2.22. The van der Waals surface area contributed by atoms with Gasteiger partial charge in [0.2, 0.25) is 11.8 Å². The Morgan fingerprint density at radius 1 is 1.18 bits per heavy atom. The fourth-order valence-corrected chi connectivity index (χ4v) is 4.64. The molecule has 2 saturated carbocycles. The van der Waals surface area contributed by atoms with Crippen LogP contribution in [0, 0.1) is 35.3 Å². The molecular weight excluding hydrogens is 392 g/mol. The Kier molecular flexibility index (Phi) is 4.99. The van der Waals surface area contributed by atoms with Gasteiger partial charge in [-0.2, -0.15) is 0 Å². The summed E-state index contributed by atoms with van der Waals surface area (Å²) in [6.07, 6.45) is 2.49. The molecule has 0 radical (unpaired) electrons. The summed E-state index contributed by atoms with van der Waals surface area (Å²) in [6.45, 7) is -0.0352. The van der Waals surface area contributed by atoms with Crippen LogP contribution in [0.25, 0.3) is 0 Å². The third-order valence-corrected chi connectivity index (χ3v) is 6.30. The molecule has 1 unspecified atom stereocenters. The van der Waals surface area contributed by atoms with Crippen LogP contribution in [0.1, 0.15) is 37.3 Å². The van der Waals surface area contributed by atoms with Crippen molar-refractivity contribution in [1.29, 1.82) is 0 Å². The Morgan fingerprint density at radius 2 is 1.89 bits per heavy atom. The maximum Gasteiger partial charge on any atom is 0.321 e. The highest BCUT2D eigenvalue weighted by Gasteiger charge is 2.49. The fourth-order valence-electron chi connectivity index (χ4n) is 4.48. The smallest absolute Gasteiger partial charge is 0.321 e. The number of carbonyl (C=O) groups excluding carboxylic acids is 3. The van der Waals surface area contributed by atoms with Crippen LogP contribution in [0.5, 0.6) is 0 Å². The van der Waals surface area contributed by atoms with Gasteiger partial charge in [-0.25, -0.2) is 13.6 Å². The molecule has 4 rings (SSSR count). The number of carbonyl (C=O) groups is 3. The third kappa shape index (κ3) is 3.70. The van der Waals surface area contributed by atoms with E-state index in [2.05, 4.69) is 16.0 Å². The molecule has 4 amide bonds. The summed E-state index contributed by atoms with van der Waals surface area (Å²) in [7, 11) is 0. The van der Waals surface area contributed by atoms with Crippen LogP contribution < -0.4 is 16.0 Å². The number of benzene rings is 1. The Bertz CT molecular complexity index is 840. The quantitative estimate of drug-likeness (QED) is 0.666. The molecule has 150 valence electrons. The molecule has 3 fully saturated rings. The molecule has 28 heavy (non-hydrogen) atoms. The second kappa shape index (κ2) is 7.31. The van der Waals surface area contributed by atoms with Gasteiger partial charge in [-0.15, -0.1) is 0 Å². The van der Waals surface area contributed by atoms with Gasteiger partial charge in [-0.1, -0.05) is 11.6 Å². The van der Waals surface area contributed by atoms with Gasteiger partial charge in [-0.3, -0.25) is 14.9 Å². The zero-order valence-corrected chi connectivity index (χ0v) is 15.7. The first-order valence-corrected chi connectivity index (χ1v) is 9.72. The fraction of sp³-hybridized carbons (Fsp3) is 0.526. The Labute approximate surface area is 165 Å². The highest BCUT2D eigenvalue weighted by atomic mass is 35.5. The van der Waals surface area contributed by atoms with Gasteiger partial charge in [0.15, 0.2) is 0 Å². The zero-order valence-electron chi connectivity index (χ0n) is 14.9. The number of amides is 4. The highest BCUT2D eigenvalue weighted by molar-refractivity contribution is 6.30. The standard InChI is InChI=1S/C19H20ClF2N3O3/c20-12-1-2-13(21)15(16(12)22)17(10-4-8-3-9(8)5-10)25-18(27)11-6-14(26)24-19(28)23-7-11/h1-2,8-11,17H,3-7H2,(H,25,27)(H2,23,24,26,28)/t8-,9+,10?,11-,17-/m0/s1. The van der Waals surface area contributed by atoms with Gasteiger partial charge in [0.05, 0.1) is 17.0 Å². The molecule has 5 atom stereocenters. The lowest BCUT2D eigenvalue weighted by atomic mass is 9.87. The maximum absolute atomic E-state index is 14.7. The molecule has 3 aliphatic rings. The van der Waals surface area contributed by atoms with E-state index in [1.165, 1.54) is 0 Å². The second-order valence-electron chi connectivity index (χ2n) is 7.89. The van der Waals surface area contributed by atoms with E-state index in [9.17, 15) is 23.2 Å². The van der Waals surface area contributed by atoms with Crippen LogP contribution in [-0.4, -0.2) is 24.4 Å². The van der Waals surface area contributed by atoms with Crippen molar-refractivity contribution in [2.75, 3.05) is 6.54 Å². The summed E-state index contributed by atoms with van der Waals surface area (Å²) in [4.78, 5) is 35.9. The highest BCUT2D eigenvalue weighted by Crippen LogP contribution is 2.57. The van der Waals surface area contributed by atoms with Gasteiger partial charge in [0.25, 0.3) is 0 Å². The summed E-state index contributed by atoms with van der Waals surface area (Å²) >= 11 is 5.86. The number of hydrogen-bond acceptors (Lipinski definition) is 3. The van der Waals surface area contributed by atoms with Crippen LogP contribution in [0.3, 0.4) is 0 Å². The maximum atomic E-state index is 14.7. The molecule has 1 aromatic rings. The number of hydrogen-bond donors (Lipinski definition) is 3. The van der Waals surface area contributed by atoms with Crippen LogP contribution in [0.2, 0.25) is 5.02 Å². The lowest BCUT2D eigenvalue weighted by Crippen LogP contribution is -2.41. The molecule has 1 aliphatic heterocycles. The van der Waals surface area contributed by atoms with Crippen molar-refractivity contribution < 1.29 is 23.2 Å². The second-order valence-corrected chi connectivity index (χ2v) is 8.30. The molecule has 6 nitrogen and oxygen atoms in total. The number of halogens is 3. The Balaban J connectivity index is 1.59. The normalized spacial score (nSPS) is 30.0. The van der Waals surface area contributed by atoms with E-state index in [0.717, 1.165) is 31.4 Å². The van der Waals surface area contributed by atoms with Crippen LogP contribution in [0.4, 0.5) is 13.6 Å². The monoisotopic (exact) mass is 411 g/mol. The van der Waals surface area contributed by atoms with Crippen molar-refractivity contribution >= 4 is 29.4 Å². The van der Waals surface area contributed by atoms with Crippen LogP contribution in [0.15, 0.2) is 12.1 Å². The minimum absolute atomic E-state index is 0.0352. The summed E-state index contributed by atoms with van der Waals surface area (Å²) in [5.41, 5.74) is -0.241. The lowest BCUT2D eigenvalue weighted by molar-refractivity contribution is -0.130. The molecule has 1 saturated heterocycles. The minimum atomic E-state index is -0.876. The van der Waals surface area contributed by atoms with Crippen LogP contribution in [-0.2, 0) is 9.59 Å². The van der Waals surface area contributed by atoms with Crippen molar-refractivity contribution in [3.63, 3.8) is 0 Å². The van der Waals surface area contributed by atoms with Gasteiger partial charge in [-0.05, 0) is 49.1 Å². The van der Waals surface area contributed by atoms with Gasteiger partial charge < -0.3 is 10.6 Å². The molecule has 9 heteroatoms. The van der Waals surface area contributed by atoms with Gasteiger partial charge in [0.1, 0.15) is 11.6 Å². The number of fused-ring (bicyclic) bond motifs is 1. The summed E-state index contributed by atoms with van der Waals surface area (Å²) in [6, 6.07) is 0.696. The van der Waals surface area contributed by atoms with E-state index >= 15 is 0 Å². The Morgan fingerprint density at radius 3 is 2.61 bits per heavy atom. The first kappa shape index (κ1) is 19.1. The molecule has 2 aliphatic carbocycles. The zero-order chi connectivity index (χ0) is 20.0. The molecule has 0 spiro atoms. The van der Waals surface area contributed by atoms with Crippen LogP contribution >= 0.6 is 11.6 Å². The first-order valence-electron chi connectivity index (χ1n) is 9.35. The average molecular weight is 412 g/mol. The molecule has 1 aromatic carbocycles. The average Bonchev–Trinajstić information content (AvgIpc) is 3.30. The van der Waals surface area contributed by atoms with Gasteiger partial charge >= 0.3 is 6.03 Å². The molecular formula is C19H20ClF2N3O3. The van der Waals surface area contributed by atoms with Crippen molar-refractivity contribution in [2.45, 2.75) is 31.7 Å². The molecule has 0 aromatic heterocycles. The summed E-state index contributed by atoms with van der Waals surface area (Å²) in [5.74, 6) is -2.59.